The third-order valence-electron chi connectivity index (χ3n) is 8.02. The van der Waals surface area contributed by atoms with Crippen LogP contribution in [0, 0.1) is 6.92 Å². The van der Waals surface area contributed by atoms with Crippen molar-refractivity contribution in [2.24, 2.45) is 0 Å². The van der Waals surface area contributed by atoms with Crippen LogP contribution in [-0.2, 0) is 9.47 Å². The molecule has 3 fully saturated rings. The normalized spacial score (nSPS) is 23.8. The van der Waals surface area contributed by atoms with Gasteiger partial charge in [0.2, 0.25) is 5.95 Å². The Morgan fingerprint density at radius 2 is 1.75 bits per heavy atom. The van der Waals surface area contributed by atoms with E-state index in [0.29, 0.717) is 24.1 Å². The molecule has 1 aliphatic carbocycles. The number of anilines is 1. The van der Waals surface area contributed by atoms with Crippen LogP contribution >= 0.6 is 0 Å². The van der Waals surface area contributed by atoms with E-state index >= 15 is 0 Å². The molecule has 188 valence electrons. The number of imidazole rings is 1. The predicted octanol–water partition coefficient (Wildman–Crippen LogP) is 3.08. The molecule has 36 heavy (non-hydrogen) atoms. The van der Waals surface area contributed by atoms with E-state index in [-0.39, 0.29) is 0 Å². The van der Waals surface area contributed by atoms with Crippen molar-refractivity contribution in [3.63, 3.8) is 0 Å². The molecule has 1 saturated carbocycles. The Bertz CT molecular complexity index is 1380. The van der Waals surface area contributed by atoms with Gasteiger partial charge in [-0.15, -0.1) is 5.10 Å². The van der Waals surface area contributed by atoms with Gasteiger partial charge in [0.25, 0.3) is 0 Å². The fourth-order valence-electron chi connectivity index (χ4n) is 5.98. The Balaban J connectivity index is 1.11. The highest BCUT2D eigenvalue weighted by Crippen LogP contribution is 2.32. The number of ether oxygens (including phenoxy) is 2. The van der Waals surface area contributed by atoms with Crippen LogP contribution in [0.4, 0.5) is 5.95 Å². The predicted molar refractivity (Wildman–Crippen MR) is 136 cm³/mol. The molecule has 0 aromatic carbocycles. The van der Waals surface area contributed by atoms with E-state index < -0.39 is 0 Å². The number of morpholine rings is 1. The lowest BCUT2D eigenvalue weighted by atomic mass is 9.85. The highest BCUT2D eigenvalue weighted by molar-refractivity contribution is 5.85. The molecule has 7 rings (SSSR count). The van der Waals surface area contributed by atoms with E-state index in [1.165, 1.54) is 0 Å². The van der Waals surface area contributed by atoms with Gasteiger partial charge in [-0.3, -0.25) is 4.90 Å². The molecule has 0 amide bonds. The van der Waals surface area contributed by atoms with Gasteiger partial charge in [0, 0.05) is 67.9 Å². The maximum absolute atomic E-state index is 5.58. The van der Waals surface area contributed by atoms with Crippen molar-refractivity contribution in [2.75, 3.05) is 44.8 Å². The number of aryl methyl sites for hydroxylation is 1. The third kappa shape index (κ3) is 3.93. The summed E-state index contributed by atoms with van der Waals surface area (Å²) in [5.41, 5.74) is 4.97. The van der Waals surface area contributed by atoms with Gasteiger partial charge in [-0.05, 0) is 44.7 Å². The first-order valence-electron chi connectivity index (χ1n) is 13.1. The van der Waals surface area contributed by atoms with Crippen LogP contribution in [-0.4, -0.2) is 85.6 Å². The molecule has 0 radical (unpaired) electrons. The van der Waals surface area contributed by atoms with Crippen LogP contribution in [0.25, 0.3) is 27.8 Å². The molecule has 4 aromatic rings. The summed E-state index contributed by atoms with van der Waals surface area (Å²) in [5.74, 6) is 1.69. The summed E-state index contributed by atoms with van der Waals surface area (Å²) in [5, 5.41) is 8.27. The summed E-state index contributed by atoms with van der Waals surface area (Å²) in [6.07, 6.45) is 10.1. The Hall–Kier alpha value is -3.08. The number of aromatic nitrogens is 6. The summed E-state index contributed by atoms with van der Waals surface area (Å²) in [4.78, 5) is 16.6. The summed E-state index contributed by atoms with van der Waals surface area (Å²) in [6.45, 7) is 7.45. The van der Waals surface area contributed by atoms with E-state index in [0.717, 1.165) is 98.8 Å². The first-order valence-corrected chi connectivity index (χ1v) is 13.1. The molecule has 0 atom stereocenters. The quantitative estimate of drug-likeness (QED) is 0.458. The number of nitrogens with one attached hydrogen (secondary N) is 1. The lowest BCUT2D eigenvalue weighted by molar-refractivity contribution is -0.00443. The Morgan fingerprint density at radius 3 is 2.58 bits per heavy atom. The Kier molecular flexibility index (Phi) is 5.60. The van der Waals surface area contributed by atoms with Crippen molar-refractivity contribution in [2.45, 2.75) is 50.7 Å². The number of nitrogens with zero attached hydrogens (tertiary/aromatic N) is 7. The molecule has 1 N–H and O–H groups in total. The van der Waals surface area contributed by atoms with Crippen molar-refractivity contribution in [3.05, 3.63) is 36.5 Å². The zero-order chi connectivity index (χ0) is 24.1. The molecule has 0 spiro atoms. The van der Waals surface area contributed by atoms with Crippen molar-refractivity contribution in [1.82, 2.24) is 34.0 Å². The molecular formula is C26H32N8O2. The Morgan fingerprint density at radius 1 is 0.944 bits per heavy atom. The fraction of sp³-hybridized carbons (Fsp3) is 0.538. The zero-order valence-electron chi connectivity index (χ0n) is 20.6. The summed E-state index contributed by atoms with van der Waals surface area (Å²) in [6, 6.07) is 5.77. The van der Waals surface area contributed by atoms with Crippen LogP contribution in [0.3, 0.4) is 0 Å². The highest BCUT2D eigenvalue weighted by atomic mass is 16.5. The number of fused-ring (bicyclic) bond motifs is 2. The lowest BCUT2D eigenvalue weighted by Crippen LogP contribution is -2.53. The smallest absolute Gasteiger partial charge is 0.241 e. The van der Waals surface area contributed by atoms with Gasteiger partial charge in [0.05, 0.1) is 30.4 Å². The molecule has 0 unspecified atom stereocenters. The average Bonchev–Trinajstić information content (AvgIpc) is 3.46. The topological polar surface area (TPSA) is 94.6 Å². The maximum Gasteiger partial charge on any atom is 0.241 e. The van der Waals surface area contributed by atoms with E-state index in [4.69, 9.17) is 24.5 Å². The Labute approximate surface area is 209 Å². The van der Waals surface area contributed by atoms with Gasteiger partial charge < -0.3 is 19.4 Å². The number of pyridine rings is 1. The van der Waals surface area contributed by atoms with Crippen LogP contribution < -0.4 is 5.32 Å². The standard InChI is InChI=1S/C26H32N8O2/c1-17-29-25-23(34(17)20-3-8-35-9-4-20)12-18(15-27-25)22-2-5-33-24(22)16-28-26(31-33)30-19-13-21(14-19)32-6-10-36-11-7-32/h2,5,12,15-16,19-21H,3-4,6-11,13-14H2,1H3,(H,30,31). The van der Waals surface area contributed by atoms with E-state index in [1.807, 2.05) is 23.1 Å². The van der Waals surface area contributed by atoms with Gasteiger partial charge in [0.1, 0.15) is 5.82 Å². The largest absolute Gasteiger partial charge is 0.381 e. The SMILES string of the molecule is Cc1nc2ncc(-c3ccn4nc(NC5CC(N6CCOCC6)C5)ncc34)cc2n1C1CCOCC1. The van der Waals surface area contributed by atoms with Crippen molar-refractivity contribution >= 4 is 22.6 Å². The number of hydrogen-bond acceptors (Lipinski definition) is 8. The van der Waals surface area contributed by atoms with Gasteiger partial charge in [0.15, 0.2) is 5.65 Å². The molecule has 3 aliphatic rings. The minimum absolute atomic E-state index is 0.401. The summed E-state index contributed by atoms with van der Waals surface area (Å²) < 4.78 is 15.3. The minimum atomic E-state index is 0.401. The van der Waals surface area contributed by atoms with Crippen LogP contribution in [0.5, 0.6) is 0 Å². The van der Waals surface area contributed by atoms with E-state index in [1.54, 1.807) is 0 Å². The zero-order valence-corrected chi connectivity index (χ0v) is 20.6. The monoisotopic (exact) mass is 488 g/mol. The second-order valence-electron chi connectivity index (χ2n) is 10.2. The third-order valence-corrected chi connectivity index (χ3v) is 8.02. The molecule has 0 bridgehead atoms. The van der Waals surface area contributed by atoms with Crippen LogP contribution in [0.15, 0.2) is 30.7 Å². The fourth-order valence-corrected chi connectivity index (χ4v) is 5.98. The summed E-state index contributed by atoms with van der Waals surface area (Å²) in [7, 11) is 0. The van der Waals surface area contributed by atoms with Crippen molar-refractivity contribution in [1.29, 1.82) is 0 Å². The van der Waals surface area contributed by atoms with Crippen LogP contribution in [0.2, 0.25) is 0 Å². The molecule has 2 aliphatic heterocycles. The molecule has 10 nitrogen and oxygen atoms in total. The average molecular weight is 489 g/mol. The molecule has 2 saturated heterocycles. The highest BCUT2D eigenvalue weighted by Gasteiger charge is 2.34. The lowest BCUT2D eigenvalue weighted by Gasteiger charge is -2.44. The van der Waals surface area contributed by atoms with Gasteiger partial charge in [-0.2, -0.15) is 0 Å². The maximum atomic E-state index is 5.58. The second-order valence-corrected chi connectivity index (χ2v) is 10.2. The van der Waals surface area contributed by atoms with Gasteiger partial charge >= 0.3 is 0 Å². The molecule has 10 heteroatoms. The molecule has 6 heterocycles. The first-order chi connectivity index (χ1) is 17.7. The molecule has 4 aromatic heterocycles. The summed E-state index contributed by atoms with van der Waals surface area (Å²) >= 11 is 0. The van der Waals surface area contributed by atoms with Crippen LogP contribution in [0.1, 0.15) is 37.5 Å². The first kappa shape index (κ1) is 22.1. The number of hydrogen-bond donors (Lipinski definition) is 1. The van der Waals surface area contributed by atoms with Gasteiger partial charge in [-0.25, -0.2) is 19.5 Å². The van der Waals surface area contributed by atoms with E-state index in [2.05, 4.69) is 38.8 Å². The van der Waals surface area contributed by atoms with Gasteiger partial charge in [-0.1, -0.05) is 0 Å². The minimum Gasteiger partial charge on any atom is -0.381 e. The number of rotatable bonds is 5. The molecular weight excluding hydrogens is 456 g/mol. The second kappa shape index (κ2) is 9.10. The van der Waals surface area contributed by atoms with Crippen molar-refractivity contribution < 1.29 is 9.47 Å². The van der Waals surface area contributed by atoms with E-state index in [9.17, 15) is 0 Å². The van der Waals surface area contributed by atoms with Crippen molar-refractivity contribution in [3.8, 4) is 11.1 Å².